The van der Waals surface area contributed by atoms with Gasteiger partial charge in [0.05, 0.1) is 32.2 Å². The molecular formula is C13H16FN3O3. The number of aromatic nitrogens is 1. The van der Waals surface area contributed by atoms with Gasteiger partial charge in [0.1, 0.15) is 0 Å². The zero-order chi connectivity index (χ0) is 14.5. The molecule has 0 aromatic carbocycles. The molecule has 0 saturated heterocycles. The number of methoxy groups -OCH3 is 1. The fraction of sp³-hybridized carbons (Fsp3) is 0.385. The fourth-order valence-electron chi connectivity index (χ4n) is 1.98. The number of carbonyl (C=O) groups excluding carboxylic acids is 1. The maximum absolute atomic E-state index is 13.6. The Labute approximate surface area is 115 Å². The predicted molar refractivity (Wildman–Crippen MR) is 70.6 cm³/mol. The molecule has 0 unspecified atom stereocenters. The molecular weight excluding hydrogens is 265 g/mol. The summed E-state index contributed by atoms with van der Waals surface area (Å²) in [6, 6.07) is 1.25. The van der Waals surface area contributed by atoms with Gasteiger partial charge in [-0.05, 0) is 0 Å². The van der Waals surface area contributed by atoms with Crippen molar-refractivity contribution in [3.8, 4) is 5.88 Å². The van der Waals surface area contributed by atoms with Crippen LogP contribution in [-0.2, 0) is 9.53 Å². The zero-order valence-corrected chi connectivity index (χ0v) is 11.1. The molecule has 0 fully saturated rings. The molecule has 2 heterocycles. The summed E-state index contributed by atoms with van der Waals surface area (Å²) in [6.45, 7) is 0.920. The minimum atomic E-state index is -0.580. The molecule has 0 atom stereocenters. The van der Waals surface area contributed by atoms with Crippen LogP contribution >= 0.6 is 0 Å². The number of carbonyl (C=O) groups is 1. The van der Waals surface area contributed by atoms with E-state index in [2.05, 4.69) is 10.3 Å². The lowest BCUT2D eigenvalue weighted by Gasteiger charge is -2.13. The molecule has 0 spiro atoms. The van der Waals surface area contributed by atoms with E-state index in [0.29, 0.717) is 43.0 Å². The van der Waals surface area contributed by atoms with E-state index < -0.39 is 11.7 Å². The fourth-order valence-corrected chi connectivity index (χ4v) is 1.98. The molecule has 1 aliphatic rings. The summed E-state index contributed by atoms with van der Waals surface area (Å²) < 4.78 is 23.6. The van der Waals surface area contributed by atoms with E-state index in [1.807, 2.05) is 0 Å². The Morgan fingerprint density at radius 1 is 1.50 bits per heavy atom. The summed E-state index contributed by atoms with van der Waals surface area (Å²) in [4.78, 5) is 15.3. The summed E-state index contributed by atoms with van der Waals surface area (Å²) in [6.07, 6.45) is 2.37. The van der Waals surface area contributed by atoms with Crippen LogP contribution in [0.25, 0.3) is 0 Å². The van der Waals surface area contributed by atoms with E-state index in [1.165, 1.54) is 19.4 Å². The van der Waals surface area contributed by atoms with Crippen molar-refractivity contribution in [1.29, 1.82) is 0 Å². The topological polar surface area (TPSA) is 86.5 Å². The highest BCUT2D eigenvalue weighted by Gasteiger charge is 2.17. The van der Waals surface area contributed by atoms with Gasteiger partial charge in [0.2, 0.25) is 11.8 Å². The third kappa shape index (κ3) is 3.24. The Bertz CT molecular complexity index is 546. The molecule has 6 nitrogen and oxygen atoms in total. The van der Waals surface area contributed by atoms with Crippen LogP contribution in [0.4, 0.5) is 10.1 Å². The standard InChI is InChI=1S/C13H16FN3O3/c1-19-13-10(14)6-8(7-16-13)17-11-3-5-20-4-2-9(11)12(15)18/h6-7,17H,2-5H2,1H3,(H2,15,18). The van der Waals surface area contributed by atoms with Gasteiger partial charge in [-0.15, -0.1) is 0 Å². The van der Waals surface area contributed by atoms with Crippen molar-refractivity contribution in [2.24, 2.45) is 5.73 Å². The lowest BCUT2D eigenvalue weighted by atomic mass is 10.1. The second-order valence-corrected chi connectivity index (χ2v) is 4.27. The largest absolute Gasteiger partial charge is 0.479 e. The van der Waals surface area contributed by atoms with Crippen LogP contribution in [0.15, 0.2) is 23.5 Å². The third-order valence-electron chi connectivity index (χ3n) is 2.95. The van der Waals surface area contributed by atoms with Crippen LogP contribution in [0.5, 0.6) is 5.88 Å². The van der Waals surface area contributed by atoms with Gasteiger partial charge in [-0.1, -0.05) is 0 Å². The van der Waals surface area contributed by atoms with E-state index in [0.717, 1.165) is 0 Å². The molecule has 1 aromatic heterocycles. The van der Waals surface area contributed by atoms with Crippen LogP contribution in [0, 0.1) is 5.82 Å². The van der Waals surface area contributed by atoms with Crippen molar-refractivity contribution in [3.63, 3.8) is 0 Å². The summed E-state index contributed by atoms with van der Waals surface area (Å²) >= 11 is 0. The van der Waals surface area contributed by atoms with Gasteiger partial charge in [-0.2, -0.15) is 0 Å². The predicted octanol–water partition coefficient (Wildman–Crippen LogP) is 1.19. The quantitative estimate of drug-likeness (QED) is 0.865. The first kappa shape index (κ1) is 14.3. The summed E-state index contributed by atoms with van der Waals surface area (Å²) in [5.41, 5.74) is 6.89. The number of pyridine rings is 1. The van der Waals surface area contributed by atoms with Gasteiger partial charge in [0, 0.05) is 30.2 Å². The molecule has 2 rings (SSSR count). The molecule has 0 aliphatic carbocycles. The Kier molecular flexibility index (Phi) is 4.52. The van der Waals surface area contributed by atoms with E-state index in [-0.39, 0.29) is 5.88 Å². The molecule has 108 valence electrons. The molecule has 1 aromatic rings. The minimum absolute atomic E-state index is 0.0798. The van der Waals surface area contributed by atoms with E-state index >= 15 is 0 Å². The Morgan fingerprint density at radius 3 is 2.90 bits per heavy atom. The molecule has 7 heteroatoms. The number of rotatable bonds is 4. The van der Waals surface area contributed by atoms with Crippen LogP contribution in [0.3, 0.4) is 0 Å². The molecule has 0 saturated carbocycles. The molecule has 1 aliphatic heterocycles. The zero-order valence-electron chi connectivity index (χ0n) is 11.1. The number of amides is 1. The van der Waals surface area contributed by atoms with Gasteiger partial charge in [0.15, 0.2) is 5.82 Å². The van der Waals surface area contributed by atoms with Crippen molar-refractivity contribution in [3.05, 3.63) is 29.4 Å². The van der Waals surface area contributed by atoms with E-state index in [9.17, 15) is 9.18 Å². The number of anilines is 1. The van der Waals surface area contributed by atoms with Crippen LogP contribution < -0.4 is 15.8 Å². The summed E-state index contributed by atoms with van der Waals surface area (Å²) in [5.74, 6) is -1.16. The number of hydrogen-bond donors (Lipinski definition) is 2. The van der Waals surface area contributed by atoms with Gasteiger partial charge in [-0.25, -0.2) is 9.37 Å². The second-order valence-electron chi connectivity index (χ2n) is 4.27. The lowest BCUT2D eigenvalue weighted by molar-refractivity contribution is -0.114. The SMILES string of the molecule is COc1ncc(NC2=C(C(N)=O)CCOCC2)cc1F. The van der Waals surface area contributed by atoms with Gasteiger partial charge in [0.25, 0.3) is 0 Å². The van der Waals surface area contributed by atoms with Gasteiger partial charge >= 0.3 is 0 Å². The number of nitrogens with zero attached hydrogens (tertiary/aromatic N) is 1. The molecule has 0 radical (unpaired) electrons. The average molecular weight is 281 g/mol. The lowest BCUT2D eigenvalue weighted by Crippen LogP contribution is -2.18. The highest BCUT2D eigenvalue weighted by molar-refractivity contribution is 5.93. The van der Waals surface area contributed by atoms with Crippen LogP contribution in [0.1, 0.15) is 12.8 Å². The summed E-state index contributed by atoms with van der Waals surface area (Å²) in [7, 11) is 1.34. The number of nitrogens with two attached hydrogens (primary N) is 1. The Morgan fingerprint density at radius 2 is 2.25 bits per heavy atom. The van der Waals surface area contributed by atoms with Crippen molar-refractivity contribution in [2.45, 2.75) is 12.8 Å². The van der Waals surface area contributed by atoms with E-state index in [1.54, 1.807) is 0 Å². The first-order valence-corrected chi connectivity index (χ1v) is 6.18. The number of halogens is 1. The van der Waals surface area contributed by atoms with Gasteiger partial charge < -0.3 is 20.5 Å². The summed E-state index contributed by atoms with van der Waals surface area (Å²) in [5, 5.41) is 2.99. The highest BCUT2D eigenvalue weighted by atomic mass is 19.1. The molecule has 3 N–H and O–H groups in total. The first-order chi connectivity index (χ1) is 9.61. The second kappa shape index (κ2) is 6.33. The van der Waals surface area contributed by atoms with Crippen molar-refractivity contribution < 1.29 is 18.7 Å². The van der Waals surface area contributed by atoms with Crippen molar-refractivity contribution in [1.82, 2.24) is 4.98 Å². The Hall–Kier alpha value is -2.15. The highest BCUT2D eigenvalue weighted by Crippen LogP contribution is 2.22. The number of hydrogen-bond acceptors (Lipinski definition) is 5. The van der Waals surface area contributed by atoms with E-state index in [4.69, 9.17) is 15.2 Å². The minimum Gasteiger partial charge on any atom is -0.479 e. The van der Waals surface area contributed by atoms with Gasteiger partial charge in [-0.3, -0.25) is 4.79 Å². The first-order valence-electron chi connectivity index (χ1n) is 6.18. The third-order valence-corrected chi connectivity index (χ3v) is 2.95. The monoisotopic (exact) mass is 281 g/mol. The number of primary amides is 1. The van der Waals surface area contributed by atoms with Crippen molar-refractivity contribution in [2.75, 3.05) is 25.6 Å². The smallest absolute Gasteiger partial charge is 0.250 e. The molecule has 1 amide bonds. The molecule has 20 heavy (non-hydrogen) atoms. The van der Waals surface area contributed by atoms with Crippen molar-refractivity contribution >= 4 is 11.6 Å². The maximum atomic E-state index is 13.6. The average Bonchev–Trinajstić information content (AvgIpc) is 2.64. The normalized spacial score (nSPS) is 15.7. The number of ether oxygens (including phenoxy) is 2. The number of nitrogens with one attached hydrogen (secondary N) is 1. The Balaban J connectivity index is 2.25. The van der Waals surface area contributed by atoms with Crippen LogP contribution in [-0.4, -0.2) is 31.2 Å². The van der Waals surface area contributed by atoms with Crippen LogP contribution in [0.2, 0.25) is 0 Å². The maximum Gasteiger partial charge on any atom is 0.250 e. The molecule has 0 bridgehead atoms.